The number of allylic oxidation sites excluding steroid dienone is 1. The lowest BCUT2D eigenvalue weighted by atomic mass is 9.47. The van der Waals surface area contributed by atoms with Gasteiger partial charge >= 0.3 is 0 Å². The second-order valence-electron chi connectivity index (χ2n) is 15.6. The molecule has 4 aliphatic carbocycles. The van der Waals surface area contributed by atoms with Crippen LogP contribution in [0.2, 0.25) is 0 Å². The smallest absolute Gasteiger partial charge is 0.176 e. The Hall–Kier alpha value is -0.290. The average molecular weight is 612 g/mol. The van der Waals surface area contributed by atoms with E-state index in [1.54, 1.807) is 0 Å². The van der Waals surface area contributed by atoms with E-state index in [2.05, 4.69) is 33.8 Å². The lowest BCUT2D eigenvalue weighted by molar-refractivity contribution is -0.280. The molecule has 42 heavy (non-hydrogen) atoms. The van der Waals surface area contributed by atoms with Gasteiger partial charge in [0.1, 0.15) is 18.3 Å². The molecule has 0 aromatic heterocycles. The van der Waals surface area contributed by atoms with E-state index in [9.17, 15) is 15.3 Å². The van der Waals surface area contributed by atoms with Crippen LogP contribution in [-0.4, -0.2) is 77.2 Å². The van der Waals surface area contributed by atoms with Crippen molar-refractivity contribution in [2.75, 3.05) is 13.2 Å². The fourth-order valence-electron chi connectivity index (χ4n) is 11.2. The van der Waals surface area contributed by atoms with E-state index in [4.69, 9.17) is 24.7 Å². The molecule has 3 aliphatic heterocycles. The van der Waals surface area contributed by atoms with Gasteiger partial charge in [0.25, 0.3) is 0 Å². The Kier molecular flexibility index (Phi) is 8.45. The van der Waals surface area contributed by atoms with E-state index in [0.29, 0.717) is 47.0 Å². The van der Waals surface area contributed by atoms with Crippen molar-refractivity contribution in [2.45, 2.75) is 134 Å². The second-order valence-corrected chi connectivity index (χ2v) is 15.6. The first-order valence-electron chi connectivity index (χ1n) is 16.6. The largest absolute Gasteiger partial charge is 0.394 e. The van der Waals surface area contributed by atoms with Crippen molar-refractivity contribution in [3.8, 4) is 0 Å². The fourth-order valence-corrected chi connectivity index (χ4v) is 11.2. The molecule has 5 N–H and O–H groups in total. The van der Waals surface area contributed by atoms with Gasteiger partial charge in [0.2, 0.25) is 0 Å². The zero-order valence-corrected chi connectivity index (χ0v) is 26.6. The van der Waals surface area contributed by atoms with Gasteiger partial charge < -0.3 is 40.0 Å². The molecule has 3 saturated heterocycles. The molecular weight excluding hydrogens is 558 g/mol. The van der Waals surface area contributed by atoms with Crippen LogP contribution in [0.5, 0.6) is 0 Å². The van der Waals surface area contributed by atoms with Gasteiger partial charge in [-0.05, 0) is 91.8 Å². The van der Waals surface area contributed by atoms with Crippen LogP contribution in [0.1, 0.15) is 85.5 Å². The van der Waals surface area contributed by atoms with E-state index in [1.807, 2.05) is 0 Å². The number of rotatable bonds is 3. The predicted molar refractivity (Wildman–Crippen MR) is 160 cm³/mol. The number of halogens is 1. The van der Waals surface area contributed by atoms with E-state index in [1.165, 1.54) is 31.3 Å². The maximum Gasteiger partial charge on any atom is 0.176 e. The monoisotopic (exact) mass is 611 g/mol. The first-order valence-corrected chi connectivity index (χ1v) is 16.6. The Morgan fingerprint density at radius 3 is 2.55 bits per heavy atom. The number of nitrogens with two attached hydrogens (primary N) is 1. The molecule has 3 saturated carbocycles. The van der Waals surface area contributed by atoms with Gasteiger partial charge in [-0.3, -0.25) is 0 Å². The molecule has 7 rings (SSSR count). The van der Waals surface area contributed by atoms with E-state index >= 15 is 0 Å². The lowest BCUT2D eigenvalue weighted by Crippen LogP contribution is -2.63. The first kappa shape index (κ1) is 31.7. The molecule has 6 unspecified atom stereocenters. The highest BCUT2D eigenvalue weighted by atomic mass is 35.5. The Morgan fingerprint density at radius 2 is 1.83 bits per heavy atom. The van der Waals surface area contributed by atoms with Gasteiger partial charge in [-0.15, -0.1) is 12.4 Å². The number of hydrogen-bond donors (Lipinski definition) is 4. The minimum Gasteiger partial charge on any atom is -0.394 e. The van der Waals surface area contributed by atoms with Gasteiger partial charge in [0.15, 0.2) is 12.1 Å². The molecule has 240 valence electrons. The summed E-state index contributed by atoms with van der Waals surface area (Å²) >= 11 is 0. The van der Waals surface area contributed by atoms with Crippen LogP contribution < -0.4 is 5.73 Å². The third-order valence-electron chi connectivity index (χ3n) is 13.6. The quantitative estimate of drug-likeness (QED) is 0.354. The summed E-state index contributed by atoms with van der Waals surface area (Å²) < 4.78 is 25.6. The summed E-state index contributed by atoms with van der Waals surface area (Å²) in [6, 6.07) is -0.852. The van der Waals surface area contributed by atoms with Crippen molar-refractivity contribution in [1.29, 1.82) is 0 Å². The zero-order chi connectivity index (χ0) is 28.9. The average Bonchev–Trinajstić information content (AvgIpc) is 3.40. The summed E-state index contributed by atoms with van der Waals surface area (Å²) in [4.78, 5) is 0. The van der Waals surface area contributed by atoms with Crippen molar-refractivity contribution in [3.05, 3.63) is 11.6 Å². The number of hydrogen-bond acceptors (Lipinski definition) is 8. The van der Waals surface area contributed by atoms with Gasteiger partial charge in [-0.1, -0.05) is 39.3 Å². The highest BCUT2D eigenvalue weighted by Crippen LogP contribution is 2.70. The van der Waals surface area contributed by atoms with E-state index < -0.39 is 30.6 Å². The highest BCUT2D eigenvalue weighted by molar-refractivity contribution is 5.85. The van der Waals surface area contributed by atoms with Crippen LogP contribution in [0.15, 0.2) is 11.6 Å². The van der Waals surface area contributed by atoms with Gasteiger partial charge in [-0.2, -0.15) is 0 Å². The Morgan fingerprint density at radius 1 is 1.05 bits per heavy atom. The number of aliphatic hydroxyl groups excluding tert-OH is 3. The Labute approximate surface area is 257 Å². The molecule has 0 radical (unpaired) electrons. The summed E-state index contributed by atoms with van der Waals surface area (Å²) in [6.07, 6.45) is 8.60. The van der Waals surface area contributed by atoms with Crippen molar-refractivity contribution in [2.24, 2.45) is 52.1 Å². The zero-order valence-electron chi connectivity index (χ0n) is 25.8. The Balaban J connectivity index is 0.00000316. The van der Waals surface area contributed by atoms with Crippen molar-refractivity contribution in [1.82, 2.24) is 0 Å². The SMILES string of the molecule is CC1C2C(CC3C4CC=C5C[C@@H](O[C@@H]6O[C@H](CO)[C@@H](O)[C@H](O)[C@H]6N)CC[C@]5(C)C4CC[C@@]32C)O[C@]12CC[C@@H](C)CO2.Cl. The molecule has 16 atom stereocenters. The minimum atomic E-state index is -1.22. The van der Waals surface area contributed by atoms with Gasteiger partial charge in [0.05, 0.1) is 31.5 Å². The molecule has 0 amide bonds. The summed E-state index contributed by atoms with van der Waals surface area (Å²) in [5, 5.41) is 30.1. The summed E-state index contributed by atoms with van der Waals surface area (Å²) in [6.45, 7) is 10.2. The summed E-state index contributed by atoms with van der Waals surface area (Å²) in [5.74, 6) is 3.38. The number of aliphatic hydroxyl groups is 3. The number of ether oxygens (including phenoxy) is 4. The fraction of sp³-hybridized carbons (Fsp3) is 0.939. The molecule has 0 aromatic rings. The Bertz CT molecular complexity index is 1030. The minimum absolute atomic E-state index is 0. The van der Waals surface area contributed by atoms with Gasteiger partial charge in [0, 0.05) is 12.3 Å². The molecule has 3 heterocycles. The molecule has 9 heteroatoms. The lowest BCUT2D eigenvalue weighted by Gasteiger charge is -2.58. The number of fused-ring (bicyclic) bond motifs is 7. The molecule has 0 aromatic carbocycles. The topological polar surface area (TPSA) is 124 Å². The standard InChI is InChI=1S/C33H53NO7.ClH/c1-17-7-12-33(38-16-17)18(2)26-24(41-33)14-23-21-6-5-19-13-20(8-10-31(19,3)22(21)9-11-32(23,26)4)39-30-27(34)29(37)28(36)25(15-35)40-30;/h5,17-18,20-30,35-37H,6-16,34H2,1-4H3;1H/t17-,18?,20+,21?,22?,23?,24?,25-,26?,27-,28-,29-,30-,31+,32+,33-;/m1./s1. The molecule has 1 spiro atoms. The van der Waals surface area contributed by atoms with Crippen molar-refractivity contribution >= 4 is 12.4 Å². The van der Waals surface area contributed by atoms with Gasteiger partial charge in [-0.25, -0.2) is 0 Å². The van der Waals surface area contributed by atoms with Crippen molar-refractivity contribution < 1.29 is 34.3 Å². The van der Waals surface area contributed by atoms with Crippen LogP contribution in [0.4, 0.5) is 0 Å². The molecule has 0 bridgehead atoms. The third kappa shape index (κ3) is 4.60. The first-order chi connectivity index (χ1) is 19.5. The molecular formula is C33H54ClNO7. The van der Waals surface area contributed by atoms with Crippen molar-refractivity contribution in [3.63, 3.8) is 0 Å². The highest BCUT2D eigenvalue weighted by Gasteiger charge is 2.68. The van der Waals surface area contributed by atoms with Crippen LogP contribution in [0, 0.1) is 46.3 Å². The van der Waals surface area contributed by atoms with Crippen LogP contribution in [0.3, 0.4) is 0 Å². The third-order valence-corrected chi connectivity index (χ3v) is 13.6. The normalized spacial score (nSPS) is 57.0. The van der Waals surface area contributed by atoms with Crippen LogP contribution in [0.25, 0.3) is 0 Å². The van der Waals surface area contributed by atoms with E-state index in [0.717, 1.165) is 38.7 Å². The van der Waals surface area contributed by atoms with E-state index in [-0.39, 0.29) is 36.3 Å². The summed E-state index contributed by atoms with van der Waals surface area (Å²) in [7, 11) is 0. The molecule has 6 fully saturated rings. The molecule has 7 aliphatic rings. The molecule has 8 nitrogen and oxygen atoms in total. The predicted octanol–water partition coefficient (Wildman–Crippen LogP) is 3.93. The summed E-state index contributed by atoms with van der Waals surface area (Å²) in [5.41, 5.74) is 8.18. The van der Waals surface area contributed by atoms with Crippen LogP contribution >= 0.6 is 12.4 Å². The second kappa shape index (κ2) is 11.2. The maximum absolute atomic E-state index is 10.4. The maximum atomic E-state index is 10.4. The van der Waals surface area contributed by atoms with Crippen LogP contribution in [-0.2, 0) is 18.9 Å².